The smallest absolute Gasteiger partial charge is 0.327 e. The molecular weight excluding hydrogens is 350 g/mol. The first-order chi connectivity index (χ1) is 11.9. The van der Waals surface area contributed by atoms with Crippen molar-refractivity contribution in [1.29, 1.82) is 0 Å². The van der Waals surface area contributed by atoms with Gasteiger partial charge in [0, 0.05) is 5.69 Å². The van der Waals surface area contributed by atoms with Crippen LogP contribution < -0.4 is 9.64 Å². The SMILES string of the molecule is COc1ccc(N2C(=O)[C@H](C(C)O[Si](C)(C)C(C)(C)C)[C@H]2C(=O)O)cc1. The number of carbonyl (C=O) groups excluding carboxylic acids is 1. The predicted molar refractivity (Wildman–Crippen MR) is 103 cm³/mol. The molecule has 1 fully saturated rings. The molecule has 1 amide bonds. The molecule has 0 saturated carbocycles. The van der Waals surface area contributed by atoms with Crippen LogP contribution in [0, 0.1) is 5.92 Å². The maximum absolute atomic E-state index is 12.8. The van der Waals surface area contributed by atoms with Gasteiger partial charge in [-0.2, -0.15) is 0 Å². The fourth-order valence-corrected chi connectivity index (χ4v) is 4.41. The standard InChI is InChI=1S/C19H29NO5Si/c1-12(25-26(6,7)19(2,3)4)15-16(18(22)23)20(17(15)21)13-8-10-14(24-5)11-9-13/h8-12,15-16H,1-7H3,(H,22,23)/t12?,15-,16+/m1/s1. The molecular formula is C19H29NO5Si. The van der Waals surface area contributed by atoms with Crippen molar-refractivity contribution < 1.29 is 23.9 Å². The van der Waals surface area contributed by atoms with E-state index in [1.54, 1.807) is 31.4 Å². The highest BCUT2D eigenvalue weighted by Crippen LogP contribution is 2.41. The number of methoxy groups -OCH3 is 1. The molecule has 144 valence electrons. The van der Waals surface area contributed by atoms with Crippen molar-refractivity contribution in [2.45, 2.75) is 58.0 Å². The van der Waals surface area contributed by atoms with Crippen molar-refractivity contribution in [1.82, 2.24) is 0 Å². The summed E-state index contributed by atoms with van der Waals surface area (Å²) in [5.41, 5.74) is 0.555. The quantitative estimate of drug-likeness (QED) is 0.604. The van der Waals surface area contributed by atoms with Gasteiger partial charge in [-0.3, -0.25) is 9.69 Å². The molecule has 6 nitrogen and oxygen atoms in total. The zero-order valence-electron chi connectivity index (χ0n) is 16.6. The van der Waals surface area contributed by atoms with Crippen molar-refractivity contribution in [3.05, 3.63) is 24.3 Å². The van der Waals surface area contributed by atoms with E-state index in [2.05, 4.69) is 33.9 Å². The van der Waals surface area contributed by atoms with Gasteiger partial charge in [-0.25, -0.2) is 4.79 Å². The number of nitrogens with zero attached hydrogens (tertiary/aromatic N) is 1. The number of carboxylic acid groups (broad SMARTS) is 1. The van der Waals surface area contributed by atoms with E-state index in [0.717, 1.165) is 0 Å². The number of aliphatic carboxylic acids is 1. The number of rotatable bonds is 6. The minimum atomic E-state index is -2.10. The molecule has 26 heavy (non-hydrogen) atoms. The van der Waals surface area contributed by atoms with E-state index in [0.29, 0.717) is 11.4 Å². The summed E-state index contributed by atoms with van der Waals surface area (Å²) in [6.45, 7) is 12.4. The van der Waals surface area contributed by atoms with Crippen molar-refractivity contribution in [3.8, 4) is 5.75 Å². The number of benzene rings is 1. The van der Waals surface area contributed by atoms with Crippen LogP contribution in [0.25, 0.3) is 0 Å². The van der Waals surface area contributed by atoms with E-state index in [9.17, 15) is 14.7 Å². The summed E-state index contributed by atoms with van der Waals surface area (Å²) in [5.74, 6) is -1.26. The summed E-state index contributed by atoms with van der Waals surface area (Å²) in [6.07, 6.45) is -0.445. The average molecular weight is 380 g/mol. The van der Waals surface area contributed by atoms with Crippen LogP contribution >= 0.6 is 0 Å². The van der Waals surface area contributed by atoms with Gasteiger partial charge in [-0.15, -0.1) is 0 Å². The third kappa shape index (κ3) is 3.64. The van der Waals surface area contributed by atoms with Crippen LogP contribution in [0.15, 0.2) is 24.3 Å². The molecule has 0 spiro atoms. The Labute approximate surface area is 156 Å². The lowest BCUT2D eigenvalue weighted by Gasteiger charge is -2.49. The molecule has 1 saturated heterocycles. The summed E-state index contributed by atoms with van der Waals surface area (Å²) in [7, 11) is -0.546. The Morgan fingerprint density at radius 1 is 1.23 bits per heavy atom. The van der Waals surface area contributed by atoms with Crippen LogP contribution in [0.4, 0.5) is 5.69 Å². The highest BCUT2D eigenvalue weighted by Gasteiger charge is 2.56. The second-order valence-electron chi connectivity index (χ2n) is 8.30. The van der Waals surface area contributed by atoms with Crippen LogP contribution in [0.5, 0.6) is 5.75 Å². The van der Waals surface area contributed by atoms with Crippen molar-refractivity contribution in [2.24, 2.45) is 5.92 Å². The van der Waals surface area contributed by atoms with Crippen LogP contribution in [0.2, 0.25) is 18.1 Å². The van der Waals surface area contributed by atoms with Crippen molar-refractivity contribution in [2.75, 3.05) is 12.0 Å². The highest BCUT2D eigenvalue weighted by molar-refractivity contribution is 6.74. The van der Waals surface area contributed by atoms with Gasteiger partial charge < -0.3 is 14.3 Å². The first-order valence-electron chi connectivity index (χ1n) is 8.78. The Morgan fingerprint density at radius 2 is 1.77 bits per heavy atom. The Bertz CT molecular complexity index is 680. The van der Waals surface area contributed by atoms with Gasteiger partial charge in [0.25, 0.3) is 0 Å². The van der Waals surface area contributed by atoms with Crippen LogP contribution in [-0.4, -0.2) is 44.6 Å². The summed E-state index contributed by atoms with van der Waals surface area (Å²) in [5, 5.41) is 9.69. The second kappa shape index (κ2) is 7.04. The Kier molecular flexibility index (Phi) is 5.54. The van der Waals surface area contributed by atoms with E-state index in [1.165, 1.54) is 4.90 Å². The summed E-state index contributed by atoms with van der Waals surface area (Å²) < 4.78 is 11.4. The third-order valence-electron chi connectivity index (χ3n) is 5.54. The Morgan fingerprint density at radius 3 is 2.19 bits per heavy atom. The number of anilines is 1. The molecule has 0 radical (unpaired) electrons. The van der Waals surface area contributed by atoms with Gasteiger partial charge in [0.1, 0.15) is 11.8 Å². The third-order valence-corrected chi connectivity index (χ3v) is 10.1. The molecule has 1 aromatic rings. The minimum absolute atomic E-state index is 0.0115. The van der Waals surface area contributed by atoms with Gasteiger partial charge in [0.2, 0.25) is 5.91 Å². The minimum Gasteiger partial charge on any atom is -0.497 e. The topological polar surface area (TPSA) is 76.1 Å². The molecule has 0 aromatic heterocycles. The number of hydrogen-bond donors (Lipinski definition) is 1. The number of amides is 1. The van der Waals surface area contributed by atoms with E-state index < -0.39 is 32.4 Å². The molecule has 1 unspecified atom stereocenters. The van der Waals surface area contributed by atoms with Crippen LogP contribution in [-0.2, 0) is 14.0 Å². The van der Waals surface area contributed by atoms with E-state index in [4.69, 9.17) is 9.16 Å². The molecule has 0 bridgehead atoms. The fourth-order valence-electron chi connectivity index (χ4n) is 2.98. The van der Waals surface area contributed by atoms with Crippen LogP contribution in [0.3, 0.4) is 0 Å². The predicted octanol–water partition coefficient (Wildman–Crippen LogP) is 3.52. The lowest BCUT2D eigenvalue weighted by atomic mass is 9.82. The largest absolute Gasteiger partial charge is 0.497 e. The molecule has 1 N–H and O–H groups in total. The van der Waals surface area contributed by atoms with Gasteiger partial charge >= 0.3 is 5.97 Å². The molecule has 0 aliphatic carbocycles. The van der Waals surface area contributed by atoms with Crippen molar-refractivity contribution in [3.63, 3.8) is 0 Å². The first kappa shape index (κ1) is 20.4. The van der Waals surface area contributed by atoms with Gasteiger partial charge in [-0.1, -0.05) is 20.8 Å². The number of hydrogen-bond acceptors (Lipinski definition) is 4. The summed E-state index contributed by atoms with van der Waals surface area (Å²) in [4.78, 5) is 26.0. The first-order valence-corrected chi connectivity index (χ1v) is 11.7. The van der Waals surface area contributed by atoms with E-state index >= 15 is 0 Å². The van der Waals surface area contributed by atoms with E-state index in [1.807, 2.05) is 6.92 Å². The molecule has 3 atom stereocenters. The van der Waals surface area contributed by atoms with Gasteiger partial charge in [0.05, 0.1) is 19.1 Å². The normalized spacial score (nSPS) is 22.0. The van der Waals surface area contributed by atoms with Gasteiger partial charge in [0.15, 0.2) is 8.32 Å². The maximum atomic E-state index is 12.8. The second-order valence-corrected chi connectivity index (χ2v) is 13.1. The number of carboxylic acids is 1. The fraction of sp³-hybridized carbons (Fsp3) is 0.579. The Balaban J connectivity index is 2.23. The molecule has 1 aromatic carbocycles. The molecule has 2 rings (SSSR count). The monoisotopic (exact) mass is 379 g/mol. The highest BCUT2D eigenvalue weighted by atomic mass is 28.4. The summed E-state index contributed by atoms with van der Waals surface area (Å²) >= 11 is 0. The average Bonchev–Trinajstić information content (AvgIpc) is 2.51. The van der Waals surface area contributed by atoms with Crippen LogP contribution in [0.1, 0.15) is 27.7 Å². The van der Waals surface area contributed by atoms with E-state index in [-0.39, 0.29) is 10.9 Å². The molecule has 1 heterocycles. The number of ether oxygens (including phenoxy) is 1. The Hall–Kier alpha value is -1.86. The summed E-state index contributed by atoms with van der Waals surface area (Å²) in [6, 6.07) is 5.90. The number of β-lactam (4-membered cyclic amide) rings is 1. The molecule has 1 aliphatic rings. The van der Waals surface area contributed by atoms with Crippen molar-refractivity contribution >= 4 is 25.9 Å². The zero-order chi connectivity index (χ0) is 19.9. The maximum Gasteiger partial charge on any atom is 0.327 e. The van der Waals surface area contributed by atoms with Gasteiger partial charge in [-0.05, 0) is 49.3 Å². The molecule has 7 heteroatoms. The zero-order valence-corrected chi connectivity index (χ0v) is 17.6. The molecule has 1 aliphatic heterocycles. The lowest BCUT2D eigenvalue weighted by Crippen LogP contribution is -2.69. The lowest BCUT2D eigenvalue weighted by molar-refractivity contribution is -0.152. The number of carbonyl (C=O) groups is 2.